The Morgan fingerprint density at radius 2 is 2.33 bits per heavy atom. The van der Waals surface area contributed by atoms with Crippen molar-refractivity contribution in [2.45, 2.75) is 39.8 Å². The van der Waals surface area contributed by atoms with Crippen LogP contribution in [0.15, 0.2) is 5.10 Å². The van der Waals surface area contributed by atoms with E-state index in [1.807, 2.05) is 13.8 Å². The third-order valence-corrected chi connectivity index (χ3v) is 2.01. The minimum atomic E-state index is -0.573. The second kappa shape index (κ2) is 2.77. The Bertz CT molecular complexity index is 237. The lowest BCUT2D eigenvalue weighted by Crippen LogP contribution is -2.43. The summed E-state index contributed by atoms with van der Waals surface area (Å²) in [5.74, 6) is 0.464. The maximum Gasteiger partial charge on any atom is 0.243 e. The molecule has 0 spiro atoms. The summed E-state index contributed by atoms with van der Waals surface area (Å²) < 4.78 is 5.43. The zero-order chi connectivity index (χ0) is 9.35. The molecule has 4 nitrogen and oxygen atoms in total. The molecule has 0 radical (unpaired) electrons. The van der Waals surface area contributed by atoms with Crippen LogP contribution in [0.25, 0.3) is 0 Å². The molecule has 4 heteroatoms. The lowest BCUT2D eigenvalue weighted by atomic mass is 10.2. The summed E-state index contributed by atoms with van der Waals surface area (Å²) in [5, 5.41) is 5.38. The number of hydrogen-bond acceptors (Lipinski definition) is 3. The van der Waals surface area contributed by atoms with Crippen LogP contribution in [0.1, 0.15) is 34.1 Å². The van der Waals surface area contributed by atoms with Crippen molar-refractivity contribution in [2.24, 2.45) is 5.10 Å². The van der Waals surface area contributed by atoms with Gasteiger partial charge < -0.3 is 4.74 Å². The molecule has 1 heterocycles. The van der Waals surface area contributed by atoms with E-state index in [2.05, 4.69) is 5.10 Å². The molecule has 1 aliphatic rings. The number of nitrogens with zero attached hydrogens (tertiary/aromatic N) is 2. The molecule has 0 aromatic carbocycles. The number of hydrogen-bond donors (Lipinski definition) is 0. The predicted octanol–water partition coefficient (Wildman–Crippen LogP) is 1.32. The lowest BCUT2D eigenvalue weighted by Gasteiger charge is -2.29. The highest BCUT2D eigenvalue weighted by Crippen LogP contribution is 2.27. The van der Waals surface area contributed by atoms with Gasteiger partial charge in [0.25, 0.3) is 0 Å². The van der Waals surface area contributed by atoms with Gasteiger partial charge in [-0.2, -0.15) is 5.01 Å². The molecule has 1 amide bonds. The van der Waals surface area contributed by atoms with Crippen LogP contribution in [0, 0.1) is 0 Å². The van der Waals surface area contributed by atoms with E-state index >= 15 is 0 Å². The quantitative estimate of drug-likeness (QED) is 0.595. The van der Waals surface area contributed by atoms with Crippen molar-refractivity contribution < 1.29 is 9.53 Å². The number of hydrazone groups is 1. The molecule has 0 fully saturated rings. The molecule has 0 saturated carbocycles. The van der Waals surface area contributed by atoms with E-state index in [0.29, 0.717) is 5.90 Å². The largest absolute Gasteiger partial charge is 0.452 e. The fraction of sp³-hybridized carbons (Fsp3) is 0.750. The topological polar surface area (TPSA) is 41.9 Å². The van der Waals surface area contributed by atoms with Crippen molar-refractivity contribution in [1.29, 1.82) is 0 Å². The van der Waals surface area contributed by atoms with Gasteiger partial charge in [0.1, 0.15) is 0 Å². The summed E-state index contributed by atoms with van der Waals surface area (Å²) in [4.78, 5) is 11.1. The van der Waals surface area contributed by atoms with Gasteiger partial charge in [-0.25, -0.2) is 0 Å². The number of carbonyl (C=O) groups excluding carboxylic acids is 1. The number of carbonyl (C=O) groups is 1. The zero-order valence-electron chi connectivity index (χ0n) is 7.92. The summed E-state index contributed by atoms with van der Waals surface area (Å²) in [6.07, 6.45) is 0.730. The Morgan fingerprint density at radius 1 is 1.75 bits per heavy atom. The molecule has 0 aliphatic carbocycles. The molecule has 12 heavy (non-hydrogen) atoms. The number of ether oxygens (including phenoxy) is 1. The van der Waals surface area contributed by atoms with Gasteiger partial charge in [0.05, 0.1) is 0 Å². The van der Waals surface area contributed by atoms with Crippen molar-refractivity contribution in [3.63, 3.8) is 0 Å². The highest BCUT2D eigenvalue weighted by molar-refractivity contribution is 5.81. The Kier molecular flexibility index (Phi) is 2.08. The molecule has 1 aliphatic heterocycles. The molecule has 0 N–H and O–H groups in total. The average molecular weight is 170 g/mol. The first-order chi connectivity index (χ1) is 5.49. The first-order valence-corrected chi connectivity index (χ1v) is 4.04. The van der Waals surface area contributed by atoms with Gasteiger partial charge in [-0.15, -0.1) is 5.10 Å². The highest BCUT2D eigenvalue weighted by Gasteiger charge is 2.39. The van der Waals surface area contributed by atoms with Crippen LogP contribution in [0.2, 0.25) is 0 Å². The van der Waals surface area contributed by atoms with Gasteiger partial charge >= 0.3 is 0 Å². The van der Waals surface area contributed by atoms with E-state index in [1.165, 1.54) is 11.9 Å². The normalized spacial score (nSPS) is 28.3. The van der Waals surface area contributed by atoms with Gasteiger partial charge in [-0.1, -0.05) is 6.92 Å². The molecule has 0 aromatic heterocycles. The van der Waals surface area contributed by atoms with Crippen molar-refractivity contribution in [3.05, 3.63) is 0 Å². The third-order valence-electron chi connectivity index (χ3n) is 2.01. The van der Waals surface area contributed by atoms with Crippen LogP contribution in [-0.4, -0.2) is 22.5 Å². The van der Waals surface area contributed by atoms with E-state index in [4.69, 9.17) is 4.74 Å². The third kappa shape index (κ3) is 1.29. The molecule has 0 bridgehead atoms. The minimum absolute atomic E-state index is 0.0869. The van der Waals surface area contributed by atoms with Gasteiger partial charge in [-0.05, 0) is 6.92 Å². The van der Waals surface area contributed by atoms with Crippen LogP contribution in [-0.2, 0) is 9.53 Å². The molecule has 0 saturated heterocycles. The van der Waals surface area contributed by atoms with Gasteiger partial charge in [-0.3, -0.25) is 4.79 Å². The maximum absolute atomic E-state index is 11.1. The van der Waals surface area contributed by atoms with E-state index < -0.39 is 5.72 Å². The maximum atomic E-state index is 11.1. The Labute approximate surface area is 72.2 Å². The smallest absolute Gasteiger partial charge is 0.243 e. The van der Waals surface area contributed by atoms with Crippen molar-refractivity contribution in [2.75, 3.05) is 0 Å². The monoisotopic (exact) mass is 170 g/mol. The van der Waals surface area contributed by atoms with Crippen LogP contribution >= 0.6 is 0 Å². The van der Waals surface area contributed by atoms with E-state index in [0.717, 1.165) is 6.42 Å². The molecular weight excluding hydrogens is 156 g/mol. The minimum Gasteiger partial charge on any atom is -0.452 e. The van der Waals surface area contributed by atoms with Gasteiger partial charge in [0.15, 0.2) is 0 Å². The average Bonchev–Trinajstić information content (AvgIpc) is 2.27. The molecule has 1 atom stereocenters. The van der Waals surface area contributed by atoms with E-state index in [9.17, 15) is 4.79 Å². The molecular formula is C8H14N2O2. The molecule has 68 valence electrons. The van der Waals surface area contributed by atoms with Crippen LogP contribution in [0.5, 0.6) is 0 Å². The van der Waals surface area contributed by atoms with E-state index in [-0.39, 0.29) is 5.91 Å². The van der Waals surface area contributed by atoms with Crippen molar-refractivity contribution in [1.82, 2.24) is 5.01 Å². The fourth-order valence-corrected chi connectivity index (χ4v) is 1.25. The lowest BCUT2D eigenvalue weighted by molar-refractivity contribution is -0.145. The van der Waals surface area contributed by atoms with Gasteiger partial charge in [0, 0.05) is 20.3 Å². The second-order valence-electron chi connectivity index (χ2n) is 3.08. The standard InChI is InChI=1S/C8H14N2O2/c1-5-8(4)10(7(3)11)9-6(2)12-8/h5H2,1-4H3. The summed E-state index contributed by atoms with van der Waals surface area (Å²) in [6, 6.07) is 0. The van der Waals surface area contributed by atoms with Crippen LogP contribution in [0.4, 0.5) is 0 Å². The van der Waals surface area contributed by atoms with E-state index in [1.54, 1.807) is 6.92 Å². The second-order valence-corrected chi connectivity index (χ2v) is 3.08. The Hall–Kier alpha value is -1.06. The Morgan fingerprint density at radius 3 is 2.67 bits per heavy atom. The first-order valence-electron chi connectivity index (χ1n) is 4.04. The predicted molar refractivity (Wildman–Crippen MR) is 45.4 cm³/mol. The summed E-state index contributed by atoms with van der Waals surface area (Å²) in [5.41, 5.74) is -0.573. The number of rotatable bonds is 1. The summed E-state index contributed by atoms with van der Waals surface area (Å²) in [7, 11) is 0. The van der Waals surface area contributed by atoms with Crippen LogP contribution < -0.4 is 0 Å². The van der Waals surface area contributed by atoms with Gasteiger partial charge in [0.2, 0.25) is 17.5 Å². The summed E-state index contributed by atoms with van der Waals surface area (Å²) >= 11 is 0. The molecule has 1 rings (SSSR count). The zero-order valence-corrected chi connectivity index (χ0v) is 7.92. The van der Waals surface area contributed by atoms with Crippen molar-refractivity contribution in [3.8, 4) is 0 Å². The molecule has 1 unspecified atom stereocenters. The molecule has 0 aromatic rings. The highest BCUT2D eigenvalue weighted by atomic mass is 16.5. The first kappa shape index (κ1) is 9.03. The SMILES string of the molecule is CCC1(C)OC(C)=NN1C(C)=O. The Balaban J connectivity index is 2.88. The van der Waals surface area contributed by atoms with Crippen molar-refractivity contribution >= 4 is 11.8 Å². The van der Waals surface area contributed by atoms with Crippen LogP contribution in [0.3, 0.4) is 0 Å². The fourth-order valence-electron chi connectivity index (χ4n) is 1.25. The summed E-state index contributed by atoms with van der Waals surface area (Å²) in [6.45, 7) is 7.05. The number of amides is 1.